The lowest BCUT2D eigenvalue weighted by Crippen LogP contribution is -2.38. The Morgan fingerprint density at radius 3 is 2.55 bits per heavy atom. The van der Waals surface area contributed by atoms with Gasteiger partial charge in [-0.3, -0.25) is 4.90 Å². The first-order valence-corrected chi connectivity index (χ1v) is 7.40. The zero-order valence-electron chi connectivity index (χ0n) is 12.7. The summed E-state index contributed by atoms with van der Waals surface area (Å²) in [5, 5.41) is 8.91. The van der Waals surface area contributed by atoms with Crippen LogP contribution in [0.25, 0.3) is 0 Å². The van der Waals surface area contributed by atoms with E-state index in [1.807, 2.05) is 12.1 Å². The minimum absolute atomic E-state index is 0.357. The maximum atomic E-state index is 10.8. The second kappa shape index (κ2) is 5.96. The lowest BCUT2D eigenvalue weighted by Gasteiger charge is -2.39. The molecule has 1 unspecified atom stereocenters. The molecule has 1 atom stereocenters. The molecule has 1 aliphatic rings. The number of carbonyl (C=O) groups is 1. The molecule has 0 bridgehead atoms. The first-order chi connectivity index (χ1) is 9.37. The van der Waals surface area contributed by atoms with Gasteiger partial charge in [-0.05, 0) is 49.4 Å². The van der Waals surface area contributed by atoms with Crippen molar-refractivity contribution in [2.75, 3.05) is 7.05 Å². The number of hydrogen-bond acceptors (Lipinski definition) is 2. The Hall–Kier alpha value is -1.35. The highest BCUT2D eigenvalue weighted by molar-refractivity contribution is 5.87. The normalized spacial score (nSPS) is 21.9. The minimum Gasteiger partial charge on any atom is -0.478 e. The molecule has 0 amide bonds. The third-order valence-corrected chi connectivity index (χ3v) is 4.44. The van der Waals surface area contributed by atoms with E-state index in [2.05, 4.69) is 25.8 Å². The van der Waals surface area contributed by atoms with Crippen LogP contribution in [0.1, 0.15) is 55.5 Å². The summed E-state index contributed by atoms with van der Waals surface area (Å²) in [5.74, 6) is -0.862. The van der Waals surface area contributed by atoms with Crippen molar-refractivity contribution in [3.8, 4) is 0 Å². The molecule has 0 aliphatic heterocycles. The minimum atomic E-state index is -0.862. The van der Waals surface area contributed by atoms with Crippen LogP contribution in [0.3, 0.4) is 0 Å². The second-order valence-electron chi connectivity index (χ2n) is 6.83. The van der Waals surface area contributed by atoms with Gasteiger partial charge in [-0.1, -0.05) is 32.4 Å². The van der Waals surface area contributed by atoms with Crippen molar-refractivity contribution in [3.63, 3.8) is 0 Å². The van der Waals surface area contributed by atoms with E-state index in [-0.39, 0.29) is 0 Å². The molecule has 0 spiro atoms. The standard InChI is InChI=1S/C17H25NO2/c1-17(2)10-4-5-15(11-17)18(3)12-13-6-8-14(9-7-13)16(19)20/h6-9,15H,4-5,10-12H2,1-3H3,(H,19,20). The van der Waals surface area contributed by atoms with Crippen molar-refractivity contribution in [2.45, 2.75) is 52.1 Å². The third kappa shape index (κ3) is 3.83. The molecule has 0 heterocycles. The first-order valence-electron chi connectivity index (χ1n) is 7.40. The van der Waals surface area contributed by atoms with Gasteiger partial charge in [0.15, 0.2) is 0 Å². The molecule has 1 aliphatic carbocycles. The Morgan fingerprint density at radius 1 is 1.35 bits per heavy atom. The van der Waals surface area contributed by atoms with Gasteiger partial charge in [0, 0.05) is 12.6 Å². The van der Waals surface area contributed by atoms with Gasteiger partial charge in [-0.2, -0.15) is 0 Å². The number of nitrogens with zero attached hydrogens (tertiary/aromatic N) is 1. The molecule has 0 saturated heterocycles. The Balaban J connectivity index is 1.97. The lowest BCUT2D eigenvalue weighted by atomic mass is 9.75. The second-order valence-corrected chi connectivity index (χ2v) is 6.83. The van der Waals surface area contributed by atoms with E-state index >= 15 is 0 Å². The lowest BCUT2D eigenvalue weighted by molar-refractivity contribution is 0.0696. The molecule has 1 saturated carbocycles. The summed E-state index contributed by atoms with van der Waals surface area (Å²) in [4.78, 5) is 13.3. The van der Waals surface area contributed by atoms with Gasteiger partial charge in [0.25, 0.3) is 0 Å². The molecule has 1 aromatic rings. The number of carboxylic acids is 1. The van der Waals surface area contributed by atoms with Crippen LogP contribution in [-0.2, 0) is 6.54 Å². The van der Waals surface area contributed by atoms with E-state index in [4.69, 9.17) is 5.11 Å². The number of carboxylic acid groups (broad SMARTS) is 1. The summed E-state index contributed by atoms with van der Waals surface area (Å²) in [7, 11) is 2.18. The van der Waals surface area contributed by atoms with E-state index in [1.54, 1.807) is 12.1 Å². The molecular formula is C17H25NO2. The van der Waals surface area contributed by atoms with Crippen LogP contribution in [-0.4, -0.2) is 29.1 Å². The summed E-state index contributed by atoms with van der Waals surface area (Å²) in [6, 6.07) is 7.87. The Kier molecular flexibility index (Phi) is 4.48. The van der Waals surface area contributed by atoms with Gasteiger partial charge in [0.05, 0.1) is 5.56 Å². The van der Waals surface area contributed by atoms with E-state index in [0.29, 0.717) is 17.0 Å². The quantitative estimate of drug-likeness (QED) is 0.909. The van der Waals surface area contributed by atoms with E-state index < -0.39 is 5.97 Å². The molecule has 20 heavy (non-hydrogen) atoms. The van der Waals surface area contributed by atoms with Gasteiger partial charge in [0.1, 0.15) is 0 Å². The Bertz CT molecular complexity index is 464. The highest BCUT2D eigenvalue weighted by atomic mass is 16.4. The monoisotopic (exact) mass is 275 g/mol. The van der Waals surface area contributed by atoms with Crippen LogP contribution in [0.4, 0.5) is 0 Å². The topological polar surface area (TPSA) is 40.5 Å². The van der Waals surface area contributed by atoms with Gasteiger partial charge in [-0.25, -0.2) is 4.79 Å². The van der Waals surface area contributed by atoms with Crippen molar-refractivity contribution < 1.29 is 9.90 Å². The van der Waals surface area contributed by atoms with Crippen molar-refractivity contribution in [2.24, 2.45) is 5.41 Å². The third-order valence-electron chi connectivity index (χ3n) is 4.44. The SMILES string of the molecule is CN(Cc1ccc(C(=O)O)cc1)C1CCCC(C)(C)C1. The number of rotatable bonds is 4. The van der Waals surface area contributed by atoms with E-state index in [9.17, 15) is 4.79 Å². The van der Waals surface area contributed by atoms with Crippen LogP contribution < -0.4 is 0 Å². The summed E-state index contributed by atoms with van der Waals surface area (Å²) in [6.07, 6.45) is 5.15. The molecule has 0 radical (unpaired) electrons. The number of benzene rings is 1. The van der Waals surface area contributed by atoms with Crippen LogP contribution in [0.5, 0.6) is 0 Å². The molecule has 110 valence electrons. The van der Waals surface area contributed by atoms with Gasteiger partial charge < -0.3 is 5.11 Å². The molecule has 3 heteroatoms. The fourth-order valence-corrected chi connectivity index (χ4v) is 3.20. The predicted molar refractivity (Wildman–Crippen MR) is 80.9 cm³/mol. The molecule has 1 fully saturated rings. The van der Waals surface area contributed by atoms with Crippen molar-refractivity contribution in [1.82, 2.24) is 4.90 Å². The van der Waals surface area contributed by atoms with Crippen LogP contribution in [0, 0.1) is 5.41 Å². The van der Waals surface area contributed by atoms with Crippen LogP contribution >= 0.6 is 0 Å². The number of aromatic carboxylic acids is 1. The predicted octanol–water partition coefficient (Wildman–Crippen LogP) is 3.79. The van der Waals surface area contributed by atoms with E-state index in [1.165, 1.54) is 31.2 Å². The van der Waals surface area contributed by atoms with Crippen molar-refractivity contribution in [1.29, 1.82) is 0 Å². The highest BCUT2D eigenvalue weighted by Gasteiger charge is 2.29. The summed E-state index contributed by atoms with van der Waals surface area (Å²) >= 11 is 0. The van der Waals surface area contributed by atoms with Gasteiger partial charge in [0.2, 0.25) is 0 Å². The average Bonchev–Trinajstić information content (AvgIpc) is 2.38. The molecule has 3 nitrogen and oxygen atoms in total. The average molecular weight is 275 g/mol. The van der Waals surface area contributed by atoms with Gasteiger partial charge >= 0.3 is 5.97 Å². The molecular weight excluding hydrogens is 250 g/mol. The maximum absolute atomic E-state index is 10.8. The summed E-state index contributed by atoms with van der Waals surface area (Å²) in [6.45, 7) is 5.60. The van der Waals surface area contributed by atoms with E-state index in [0.717, 1.165) is 6.54 Å². The van der Waals surface area contributed by atoms with Crippen LogP contribution in [0.15, 0.2) is 24.3 Å². The highest BCUT2D eigenvalue weighted by Crippen LogP contribution is 2.37. The number of hydrogen-bond donors (Lipinski definition) is 1. The first kappa shape index (κ1) is 15.0. The molecule has 1 N–H and O–H groups in total. The fraction of sp³-hybridized carbons (Fsp3) is 0.588. The largest absolute Gasteiger partial charge is 0.478 e. The maximum Gasteiger partial charge on any atom is 0.335 e. The fourth-order valence-electron chi connectivity index (χ4n) is 3.20. The summed E-state index contributed by atoms with van der Waals surface area (Å²) in [5.41, 5.74) is 1.99. The summed E-state index contributed by atoms with van der Waals surface area (Å²) < 4.78 is 0. The van der Waals surface area contributed by atoms with Crippen LogP contribution in [0.2, 0.25) is 0 Å². The zero-order chi connectivity index (χ0) is 14.8. The molecule has 0 aromatic heterocycles. The zero-order valence-corrected chi connectivity index (χ0v) is 12.7. The molecule has 2 rings (SSSR count). The Morgan fingerprint density at radius 2 is 2.00 bits per heavy atom. The van der Waals surface area contributed by atoms with Gasteiger partial charge in [-0.15, -0.1) is 0 Å². The van der Waals surface area contributed by atoms with Crippen molar-refractivity contribution in [3.05, 3.63) is 35.4 Å². The van der Waals surface area contributed by atoms with Crippen molar-refractivity contribution >= 4 is 5.97 Å². The Labute approximate surface area is 121 Å². The molecule has 1 aromatic carbocycles. The smallest absolute Gasteiger partial charge is 0.335 e.